The van der Waals surface area contributed by atoms with Crippen molar-refractivity contribution in [3.63, 3.8) is 0 Å². The molecule has 1 aromatic rings. The monoisotopic (exact) mass is 691 g/mol. The fourth-order valence-corrected chi connectivity index (χ4v) is 4.77. The van der Waals surface area contributed by atoms with Gasteiger partial charge in [-0.2, -0.15) is 0 Å². The van der Waals surface area contributed by atoms with E-state index in [2.05, 4.69) is 36.9 Å². The molecule has 0 spiro atoms. The van der Waals surface area contributed by atoms with Gasteiger partial charge in [-0.05, 0) is 63.3 Å². The number of carboxylic acid groups (broad SMARTS) is 2. The molecular weight excluding hydrogens is 646 g/mol. The molecule has 0 saturated carbocycles. The summed E-state index contributed by atoms with van der Waals surface area (Å²) in [4.78, 5) is 91.3. The Morgan fingerprint density at radius 3 is 2.16 bits per heavy atom. The van der Waals surface area contributed by atoms with Crippen LogP contribution in [0, 0.1) is 0 Å². The lowest BCUT2D eigenvalue weighted by Gasteiger charge is -2.25. The van der Waals surface area contributed by atoms with Crippen LogP contribution in [0.3, 0.4) is 0 Å². The van der Waals surface area contributed by atoms with E-state index < -0.39 is 85.2 Å². The molecular formula is C30H45N9O10. The van der Waals surface area contributed by atoms with Gasteiger partial charge in [-0.25, -0.2) is 4.79 Å². The summed E-state index contributed by atoms with van der Waals surface area (Å²) in [5.41, 5.74) is 11.0. The van der Waals surface area contributed by atoms with Crippen LogP contribution in [0.4, 0.5) is 0 Å². The average Bonchev–Trinajstić information content (AvgIpc) is 3.59. The number of benzene rings is 1. The maximum Gasteiger partial charge on any atom is 0.326 e. The van der Waals surface area contributed by atoms with Crippen LogP contribution >= 0.6 is 0 Å². The first-order chi connectivity index (χ1) is 23.2. The molecule has 1 saturated heterocycles. The SMILES string of the molecule is C[C@H](NC(=O)[C@@H]1CCCN1)C(=O)N[C@@H](Cc1ccc(O)cc1)C(=O)N[C@@H](CCC(=O)O)C(=O)NCC(=O)N[C@@H](CCCN=C(N)N)C(=O)O. The molecule has 5 atom stereocenters. The van der Waals surface area contributed by atoms with Crippen molar-refractivity contribution in [1.29, 1.82) is 0 Å². The second-order valence-corrected chi connectivity index (χ2v) is 11.4. The molecule has 1 aliphatic heterocycles. The minimum absolute atomic E-state index is 0.0169. The normalized spacial score (nSPS) is 16.1. The van der Waals surface area contributed by atoms with E-state index in [1.807, 2.05) is 0 Å². The molecule has 0 bridgehead atoms. The van der Waals surface area contributed by atoms with Gasteiger partial charge in [0.2, 0.25) is 29.5 Å². The lowest BCUT2D eigenvalue weighted by molar-refractivity contribution is -0.142. The molecule has 0 aromatic heterocycles. The summed E-state index contributed by atoms with van der Waals surface area (Å²) in [5.74, 6) is -6.59. The van der Waals surface area contributed by atoms with Gasteiger partial charge in [0.25, 0.3) is 0 Å². The minimum atomic E-state index is -1.48. The highest BCUT2D eigenvalue weighted by Crippen LogP contribution is 2.12. The van der Waals surface area contributed by atoms with Gasteiger partial charge in [0, 0.05) is 19.4 Å². The molecule has 1 aromatic carbocycles. The summed E-state index contributed by atoms with van der Waals surface area (Å²) >= 11 is 0. The number of hydrogen-bond acceptors (Lipinski definition) is 10. The number of aliphatic imine (C=N–C) groups is 1. The number of phenolic OH excluding ortho intramolecular Hbond substituents is 1. The van der Waals surface area contributed by atoms with E-state index >= 15 is 0 Å². The van der Waals surface area contributed by atoms with Gasteiger partial charge in [0.1, 0.15) is 29.9 Å². The van der Waals surface area contributed by atoms with E-state index in [4.69, 9.17) is 11.5 Å². The quantitative estimate of drug-likeness (QED) is 0.0364. The van der Waals surface area contributed by atoms with Crippen molar-refractivity contribution >= 4 is 47.4 Å². The van der Waals surface area contributed by atoms with Crippen molar-refractivity contribution in [2.24, 2.45) is 16.5 Å². The molecule has 270 valence electrons. The first kappa shape index (κ1) is 39.7. The second-order valence-electron chi connectivity index (χ2n) is 11.4. The maximum absolute atomic E-state index is 13.5. The molecule has 1 aliphatic rings. The highest BCUT2D eigenvalue weighted by molar-refractivity contribution is 5.96. The van der Waals surface area contributed by atoms with Crippen molar-refractivity contribution in [3.8, 4) is 5.75 Å². The van der Waals surface area contributed by atoms with E-state index in [1.54, 1.807) is 0 Å². The largest absolute Gasteiger partial charge is 0.508 e. The summed E-state index contributed by atoms with van der Waals surface area (Å²) in [6, 6.07) is 0.160. The lowest BCUT2D eigenvalue weighted by Crippen LogP contribution is -2.58. The number of nitrogens with one attached hydrogen (secondary N) is 6. The number of guanidine groups is 1. The number of amides is 5. The number of nitrogens with zero attached hydrogens (tertiary/aromatic N) is 1. The molecule has 13 N–H and O–H groups in total. The second kappa shape index (κ2) is 20.0. The Labute approximate surface area is 282 Å². The third-order valence-corrected chi connectivity index (χ3v) is 7.42. The van der Waals surface area contributed by atoms with Crippen LogP contribution in [0.25, 0.3) is 0 Å². The van der Waals surface area contributed by atoms with E-state index in [9.17, 15) is 48.9 Å². The topological polar surface area (TPSA) is 317 Å². The summed E-state index contributed by atoms with van der Waals surface area (Å²) in [6.45, 7) is 1.53. The molecule has 0 aliphatic carbocycles. The standard InChI is InChI=1S/C30H45N9O10/c1-16(36-27(46)19-4-2-12-33-19)25(44)39-22(14-17-6-8-18(40)9-7-17)28(47)38-20(10-11-24(42)43)26(45)35-15-23(41)37-21(29(48)49)5-3-13-34-30(31)32/h6-9,16,19-22,33,40H,2-5,10-15H2,1H3,(H,35,45)(H,36,46)(H,37,41)(H,38,47)(H,39,44)(H,42,43)(H,48,49)(H4,31,32,34)/t16-,19-,20-,21-,22-/m0/s1. The van der Waals surface area contributed by atoms with Crippen molar-refractivity contribution in [3.05, 3.63) is 29.8 Å². The molecule has 19 nitrogen and oxygen atoms in total. The third-order valence-electron chi connectivity index (χ3n) is 7.42. The van der Waals surface area contributed by atoms with E-state index in [0.717, 1.165) is 6.42 Å². The van der Waals surface area contributed by atoms with Crippen LogP contribution in [0.5, 0.6) is 5.75 Å². The Morgan fingerprint density at radius 1 is 0.898 bits per heavy atom. The van der Waals surface area contributed by atoms with Crippen molar-refractivity contribution in [2.75, 3.05) is 19.6 Å². The Balaban J connectivity index is 2.12. The fraction of sp³-hybridized carbons (Fsp3) is 0.533. The van der Waals surface area contributed by atoms with E-state index in [-0.39, 0.29) is 43.4 Å². The first-order valence-corrected chi connectivity index (χ1v) is 15.7. The molecule has 0 unspecified atom stereocenters. The van der Waals surface area contributed by atoms with Gasteiger partial charge in [0.05, 0.1) is 12.6 Å². The zero-order chi connectivity index (χ0) is 36.5. The predicted octanol–water partition coefficient (Wildman–Crippen LogP) is -3.24. The Bertz CT molecular complexity index is 1360. The number of carbonyl (C=O) groups is 7. The zero-order valence-electron chi connectivity index (χ0n) is 27.1. The summed E-state index contributed by atoms with van der Waals surface area (Å²) in [7, 11) is 0. The first-order valence-electron chi connectivity index (χ1n) is 15.7. The van der Waals surface area contributed by atoms with Crippen LogP contribution in [-0.2, 0) is 40.0 Å². The van der Waals surface area contributed by atoms with Gasteiger partial charge in [0.15, 0.2) is 5.96 Å². The average molecular weight is 692 g/mol. The van der Waals surface area contributed by atoms with Crippen LogP contribution < -0.4 is 43.4 Å². The van der Waals surface area contributed by atoms with E-state index in [1.165, 1.54) is 31.2 Å². The minimum Gasteiger partial charge on any atom is -0.508 e. The fourth-order valence-electron chi connectivity index (χ4n) is 4.77. The van der Waals surface area contributed by atoms with Crippen LogP contribution in [-0.4, -0.2) is 113 Å². The molecule has 1 fully saturated rings. The number of carbonyl (C=O) groups excluding carboxylic acids is 5. The number of phenols is 1. The molecule has 2 rings (SSSR count). The van der Waals surface area contributed by atoms with Gasteiger partial charge in [-0.1, -0.05) is 12.1 Å². The van der Waals surface area contributed by atoms with Crippen molar-refractivity contribution in [2.45, 2.75) is 82.1 Å². The van der Waals surface area contributed by atoms with Crippen LogP contribution in [0.2, 0.25) is 0 Å². The number of rotatable bonds is 20. The molecule has 1 heterocycles. The van der Waals surface area contributed by atoms with Crippen LogP contribution in [0.1, 0.15) is 51.0 Å². The van der Waals surface area contributed by atoms with Gasteiger partial charge >= 0.3 is 11.9 Å². The lowest BCUT2D eigenvalue weighted by atomic mass is 10.0. The summed E-state index contributed by atoms with van der Waals surface area (Å²) in [6.07, 6.45) is 0.574. The number of aliphatic carboxylic acids is 2. The number of aromatic hydroxyl groups is 1. The van der Waals surface area contributed by atoms with Gasteiger partial charge < -0.3 is 58.7 Å². The number of hydrogen-bond donors (Lipinski definition) is 11. The smallest absolute Gasteiger partial charge is 0.326 e. The highest BCUT2D eigenvalue weighted by Gasteiger charge is 2.31. The van der Waals surface area contributed by atoms with Gasteiger partial charge in [-0.3, -0.25) is 33.8 Å². The van der Waals surface area contributed by atoms with Crippen molar-refractivity contribution < 1.29 is 48.9 Å². The Kier molecular flexibility index (Phi) is 16.2. The predicted molar refractivity (Wildman–Crippen MR) is 174 cm³/mol. The van der Waals surface area contributed by atoms with Crippen LogP contribution in [0.15, 0.2) is 29.3 Å². The molecule has 0 radical (unpaired) electrons. The zero-order valence-corrected chi connectivity index (χ0v) is 27.1. The van der Waals surface area contributed by atoms with Gasteiger partial charge in [-0.15, -0.1) is 0 Å². The Morgan fingerprint density at radius 2 is 1.57 bits per heavy atom. The maximum atomic E-state index is 13.5. The third kappa shape index (κ3) is 14.9. The Hall–Kier alpha value is -5.46. The van der Waals surface area contributed by atoms with E-state index in [0.29, 0.717) is 18.5 Å². The number of nitrogens with two attached hydrogens (primary N) is 2. The molecule has 5 amide bonds. The highest BCUT2D eigenvalue weighted by atomic mass is 16.4. The molecule has 49 heavy (non-hydrogen) atoms. The number of carboxylic acids is 2. The summed E-state index contributed by atoms with van der Waals surface area (Å²) < 4.78 is 0. The summed E-state index contributed by atoms with van der Waals surface area (Å²) in [5, 5.41) is 43.4. The van der Waals surface area contributed by atoms with Crippen molar-refractivity contribution in [1.82, 2.24) is 31.9 Å². The molecule has 19 heteroatoms.